The van der Waals surface area contributed by atoms with Crippen molar-refractivity contribution in [1.29, 1.82) is 0 Å². The standard InChI is InChI=1S/C21H18F3N7O3/c1-30-18-12(8-26-30)10-6-11(13(22)7-15(10)27-19(18)25)20(32)31-4-5-33-9-16(31)14-2-3-17(29-28-14)34-21(23)24/h2-3,6-8,16,21H,4-5,9H2,1H3,(H2,25,27)/t16-/m1/s1. The fourth-order valence-corrected chi connectivity index (χ4v) is 4.06. The molecular formula is C21H18F3N7O3. The summed E-state index contributed by atoms with van der Waals surface area (Å²) in [6, 6.07) is 4.52. The van der Waals surface area contributed by atoms with E-state index in [1.165, 1.54) is 23.1 Å². The predicted molar refractivity (Wildman–Crippen MR) is 114 cm³/mol. The van der Waals surface area contributed by atoms with Crippen molar-refractivity contribution in [3.05, 3.63) is 47.5 Å². The molecule has 0 unspecified atom stereocenters. The van der Waals surface area contributed by atoms with Gasteiger partial charge in [-0.05, 0) is 12.1 Å². The lowest BCUT2D eigenvalue weighted by Crippen LogP contribution is -2.44. The first kappa shape index (κ1) is 21.8. The molecule has 10 nitrogen and oxygen atoms in total. The lowest BCUT2D eigenvalue weighted by atomic mass is 10.0. The number of alkyl halides is 2. The molecule has 0 aliphatic carbocycles. The number of aromatic nitrogens is 5. The number of amides is 1. The number of morpholine rings is 1. The fraction of sp³-hybridized carbons (Fsp3) is 0.286. The highest BCUT2D eigenvalue weighted by Gasteiger charge is 2.32. The van der Waals surface area contributed by atoms with Crippen molar-refractivity contribution in [3.8, 4) is 5.88 Å². The minimum Gasteiger partial charge on any atom is -0.415 e. The van der Waals surface area contributed by atoms with Gasteiger partial charge in [0.15, 0.2) is 0 Å². The van der Waals surface area contributed by atoms with Crippen molar-refractivity contribution in [2.45, 2.75) is 12.7 Å². The molecule has 0 saturated carbocycles. The number of nitrogens with two attached hydrogens (primary N) is 1. The maximum Gasteiger partial charge on any atom is 0.388 e. The zero-order valence-electron chi connectivity index (χ0n) is 17.8. The number of rotatable bonds is 4. The van der Waals surface area contributed by atoms with Crippen LogP contribution in [0.3, 0.4) is 0 Å². The van der Waals surface area contributed by atoms with Crippen LogP contribution in [0.5, 0.6) is 5.88 Å². The van der Waals surface area contributed by atoms with Gasteiger partial charge >= 0.3 is 6.61 Å². The van der Waals surface area contributed by atoms with Crippen LogP contribution in [0.1, 0.15) is 22.1 Å². The van der Waals surface area contributed by atoms with Crippen LogP contribution in [-0.2, 0) is 11.8 Å². The maximum absolute atomic E-state index is 15.1. The van der Waals surface area contributed by atoms with Crippen molar-refractivity contribution in [1.82, 2.24) is 29.9 Å². The number of hydrogen-bond acceptors (Lipinski definition) is 8. The second-order valence-corrected chi connectivity index (χ2v) is 7.64. The SMILES string of the molecule is Cn1ncc2c3cc(C(=O)N4CCOC[C@@H]4c4ccc(OC(F)F)nn4)c(F)cc3nc(N)c21. The first-order valence-corrected chi connectivity index (χ1v) is 10.2. The third-order valence-corrected chi connectivity index (χ3v) is 5.63. The molecule has 1 fully saturated rings. The molecule has 1 saturated heterocycles. The molecule has 3 aromatic heterocycles. The quantitative estimate of drug-likeness (QED) is 0.480. The van der Waals surface area contributed by atoms with E-state index in [9.17, 15) is 13.6 Å². The summed E-state index contributed by atoms with van der Waals surface area (Å²) in [6.45, 7) is -2.55. The van der Waals surface area contributed by atoms with E-state index in [1.807, 2.05) is 0 Å². The normalized spacial score (nSPS) is 16.5. The molecule has 1 aliphatic rings. The number of carbonyl (C=O) groups is 1. The monoisotopic (exact) mass is 473 g/mol. The van der Waals surface area contributed by atoms with Crippen LogP contribution in [0.4, 0.5) is 19.0 Å². The van der Waals surface area contributed by atoms with Crippen LogP contribution >= 0.6 is 0 Å². The average molecular weight is 473 g/mol. The summed E-state index contributed by atoms with van der Waals surface area (Å²) in [7, 11) is 1.71. The Labute approximate surface area is 190 Å². The van der Waals surface area contributed by atoms with E-state index in [0.29, 0.717) is 27.5 Å². The van der Waals surface area contributed by atoms with E-state index in [2.05, 4.69) is 25.0 Å². The Bertz CT molecular complexity index is 1390. The molecule has 1 aromatic carbocycles. The molecule has 1 aliphatic heterocycles. The topological polar surface area (TPSA) is 121 Å². The van der Waals surface area contributed by atoms with Gasteiger partial charge in [-0.25, -0.2) is 9.37 Å². The van der Waals surface area contributed by atoms with Crippen LogP contribution in [-0.4, -0.2) is 62.1 Å². The van der Waals surface area contributed by atoms with Crippen molar-refractivity contribution >= 4 is 33.5 Å². The summed E-state index contributed by atoms with van der Waals surface area (Å²) in [6.07, 6.45) is 1.58. The Hall–Kier alpha value is -4.00. The Morgan fingerprint density at radius 1 is 1.26 bits per heavy atom. The van der Waals surface area contributed by atoms with Crippen molar-refractivity contribution in [2.24, 2.45) is 7.05 Å². The maximum atomic E-state index is 15.1. The summed E-state index contributed by atoms with van der Waals surface area (Å²) in [4.78, 5) is 19.1. The van der Waals surface area contributed by atoms with Gasteiger partial charge in [-0.2, -0.15) is 13.9 Å². The largest absolute Gasteiger partial charge is 0.415 e. The Kier molecular flexibility index (Phi) is 5.40. The first-order valence-electron chi connectivity index (χ1n) is 10.2. The molecule has 0 radical (unpaired) electrons. The fourth-order valence-electron chi connectivity index (χ4n) is 4.06. The highest BCUT2D eigenvalue weighted by Crippen LogP contribution is 2.31. The van der Waals surface area contributed by atoms with Gasteiger partial charge in [0.1, 0.15) is 17.2 Å². The number of pyridine rings is 1. The molecule has 13 heteroatoms. The van der Waals surface area contributed by atoms with Crippen LogP contribution < -0.4 is 10.5 Å². The smallest absolute Gasteiger partial charge is 0.388 e. The highest BCUT2D eigenvalue weighted by atomic mass is 19.3. The van der Waals surface area contributed by atoms with Crippen LogP contribution in [0, 0.1) is 5.82 Å². The molecule has 1 atom stereocenters. The number of halogens is 3. The lowest BCUT2D eigenvalue weighted by Gasteiger charge is -2.35. The van der Waals surface area contributed by atoms with E-state index in [0.717, 1.165) is 6.07 Å². The van der Waals surface area contributed by atoms with E-state index in [4.69, 9.17) is 10.5 Å². The van der Waals surface area contributed by atoms with E-state index >= 15 is 4.39 Å². The van der Waals surface area contributed by atoms with Crippen molar-refractivity contribution in [2.75, 3.05) is 25.5 Å². The minimum atomic E-state index is -3.04. The highest BCUT2D eigenvalue weighted by molar-refractivity contribution is 6.10. The van der Waals surface area contributed by atoms with Crippen molar-refractivity contribution < 1.29 is 27.4 Å². The number of ether oxygens (including phenoxy) is 2. The number of anilines is 1. The van der Waals surface area contributed by atoms with E-state index in [-0.39, 0.29) is 37.0 Å². The summed E-state index contributed by atoms with van der Waals surface area (Å²) in [5, 5.41) is 12.9. The Balaban J connectivity index is 1.53. The average Bonchev–Trinajstić information content (AvgIpc) is 3.21. The third kappa shape index (κ3) is 3.73. The summed E-state index contributed by atoms with van der Waals surface area (Å²) < 4.78 is 51.1. The van der Waals surface area contributed by atoms with Gasteiger partial charge in [0.25, 0.3) is 5.91 Å². The lowest BCUT2D eigenvalue weighted by molar-refractivity contribution is -0.0536. The molecule has 1 amide bonds. The molecule has 176 valence electrons. The second-order valence-electron chi connectivity index (χ2n) is 7.64. The molecule has 34 heavy (non-hydrogen) atoms. The number of nitrogens with zero attached hydrogens (tertiary/aromatic N) is 6. The predicted octanol–water partition coefficient (Wildman–Crippen LogP) is 2.45. The number of hydrogen-bond donors (Lipinski definition) is 1. The van der Waals surface area contributed by atoms with Gasteiger partial charge in [-0.3, -0.25) is 9.48 Å². The number of nitrogen functional groups attached to an aromatic ring is 1. The molecule has 2 N–H and O–H groups in total. The van der Waals surface area contributed by atoms with Crippen molar-refractivity contribution in [3.63, 3.8) is 0 Å². The molecule has 5 rings (SSSR count). The van der Waals surface area contributed by atoms with Gasteiger partial charge in [0, 0.05) is 36.5 Å². The molecule has 0 spiro atoms. The first-order chi connectivity index (χ1) is 16.3. The molecule has 4 aromatic rings. The van der Waals surface area contributed by atoms with Crippen LogP contribution in [0.25, 0.3) is 21.8 Å². The van der Waals surface area contributed by atoms with Gasteiger partial charge < -0.3 is 20.1 Å². The summed E-state index contributed by atoms with van der Waals surface area (Å²) in [5.74, 6) is -1.51. The van der Waals surface area contributed by atoms with Gasteiger partial charge in [-0.1, -0.05) is 0 Å². The molecule has 4 heterocycles. The Morgan fingerprint density at radius 2 is 2.09 bits per heavy atom. The Morgan fingerprint density at radius 3 is 2.82 bits per heavy atom. The number of fused-ring (bicyclic) bond motifs is 3. The minimum absolute atomic E-state index is 0.0790. The van der Waals surface area contributed by atoms with Gasteiger partial charge in [0.2, 0.25) is 5.88 Å². The number of benzene rings is 1. The number of aryl methyl sites for hydroxylation is 1. The van der Waals surface area contributed by atoms with E-state index in [1.54, 1.807) is 17.9 Å². The zero-order valence-corrected chi connectivity index (χ0v) is 17.8. The van der Waals surface area contributed by atoms with Crippen LogP contribution in [0.2, 0.25) is 0 Å². The number of carbonyl (C=O) groups excluding carboxylic acids is 1. The third-order valence-electron chi connectivity index (χ3n) is 5.63. The second kappa shape index (κ2) is 8.41. The van der Waals surface area contributed by atoms with E-state index < -0.39 is 24.4 Å². The van der Waals surface area contributed by atoms with Crippen LogP contribution in [0.15, 0.2) is 30.5 Å². The zero-order chi connectivity index (χ0) is 24.0. The van der Waals surface area contributed by atoms with Gasteiger partial charge in [0.05, 0.1) is 42.2 Å². The molecular weight excluding hydrogens is 455 g/mol. The summed E-state index contributed by atoms with van der Waals surface area (Å²) >= 11 is 0. The van der Waals surface area contributed by atoms with Gasteiger partial charge in [-0.15, -0.1) is 10.2 Å². The summed E-state index contributed by atoms with van der Waals surface area (Å²) in [5.41, 5.74) is 7.00. The molecule has 0 bridgehead atoms.